The van der Waals surface area contributed by atoms with Gasteiger partial charge in [-0.25, -0.2) is 8.42 Å². The fraction of sp³-hybridized carbons (Fsp3) is 0.917. The minimum absolute atomic E-state index is 0.0518. The summed E-state index contributed by atoms with van der Waals surface area (Å²) in [6.45, 7) is 5.90. The highest BCUT2D eigenvalue weighted by atomic mass is 32.2. The Kier molecular flexibility index (Phi) is 6.08. The molecule has 1 heterocycles. The molecule has 1 saturated heterocycles. The molecule has 0 aromatic heterocycles. The molecule has 1 aliphatic rings. The van der Waals surface area contributed by atoms with Crippen molar-refractivity contribution in [3.8, 4) is 0 Å². The molecule has 0 aromatic rings. The van der Waals surface area contributed by atoms with Gasteiger partial charge in [0.05, 0.1) is 18.1 Å². The quantitative estimate of drug-likeness (QED) is 0.731. The zero-order valence-corrected chi connectivity index (χ0v) is 12.1. The summed E-state index contributed by atoms with van der Waals surface area (Å²) in [6.07, 6.45) is 2.52. The number of nitrogens with zero attached hydrogens (tertiary/aromatic N) is 1. The van der Waals surface area contributed by atoms with Gasteiger partial charge in [-0.2, -0.15) is 0 Å². The second-order valence-electron chi connectivity index (χ2n) is 4.86. The van der Waals surface area contributed by atoms with Crippen LogP contribution in [-0.4, -0.2) is 56.4 Å². The van der Waals surface area contributed by atoms with Crippen LogP contribution in [0.25, 0.3) is 0 Å². The van der Waals surface area contributed by atoms with Crippen molar-refractivity contribution >= 4 is 15.7 Å². The molecule has 106 valence electrons. The maximum absolute atomic E-state index is 12.0. The zero-order chi connectivity index (χ0) is 13.6. The van der Waals surface area contributed by atoms with Gasteiger partial charge in [0.2, 0.25) is 5.91 Å². The third kappa shape index (κ3) is 4.94. The highest BCUT2D eigenvalue weighted by molar-refractivity contribution is 7.91. The van der Waals surface area contributed by atoms with Crippen molar-refractivity contribution in [3.05, 3.63) is 0 Å². The average Bonchev–Trinajstić information content (AvgIpc) is 2.66. The first kappa shape index (κ1) is 15.4. The van der Waals surface area contributed by atoms with Crippen molar-refractivity contribution in [2.45, 2.75) is 39.2 Å². The molecule has 1 unspecified atom stereocenters. The fourth-order valence-electron chi connectivity index (χ4n) is 2.20. The second kappa shape index (κ2) is 7.09. The molecule has 0 aliphatic carbocycles. The minimum Gasteiger partial charge on any atom is -0.342 e. The molecule has 0 bridgehead atoms. The molecule has 1 amide bonds. The molecule has 1 aliphatic heterocycles. The number of amides is 1. The van der Waals surface area contributed by atoms with Gasteiger partial charge in [-0.05, 0) is 19.3 Å². The van der Waals surface area contributed by atoms with Gasteiger partial charge in [-0.15, -0.1) is 0 Å². The van der Waals surface area contributed by atoms with Crippen molar-refractivity contribution in [2.24, 2.45) is 0 Å². The first-order valence-electron chi connectivity index (χ1n) is 6.70. The summed E-state index contributed by atoms with van der Waals surface area (Å²) in [4.78, 5) is 13.8. The number of nitrogens with one attached hydrogen (secondary N) is 1. The Morgan fingerprint density at radius 2 is 1.89 bits per heavy atom. The topological polar surface area (TPSA) is 66.5 Å². The van der Waals surface area contributed by atoms with Gasteiger partial charge in [0.15, 0.2) is 9.84 Å². The summed E-state index contributed by atoms with van der Waals surface area (Å²) in [5.74, 6) is 0.483. The maximum Gasteiger partial charge on any atom is 0.236 e. The summed E-state index contributed by atoms with van der Waals surface area (Å²) in [6, 6.07) is -0.0518. The summed E-state index contributed by atoms with van der Waals surface area (Å²) in [5.41, 5.74) is 0. The molecule has 1 atom stereocenters. The van der Waals surface area contributed by atoms with Crippen molar-refractivity contribution in [1.29, 1.82) is 0 Å². The Hall–Kier alpha value is -0.620. The molecule has 18 heavy (non-hydrogen) atoms. The summed E-state index contributed by atoms with van der Waals surface area (Å²) >= 11 is 0. The number of rotatable bonds is 7. The first-order valence-corrected chi connectivity index (χ1v) is 8.52. The molecular weight excluding hydrogens is 252 g/mol. The molecule has 1 fully saturated rings. The number of carbonyl (C=O) groups excluding carboxylic acids is 1. The number of sulfone groups is 1. The van der Waals surface area contributed by atoms with Crippen LogP contribution >= 0.6 is 0 Å². The number of hydrogen-bond donors (Lipinski definition) is 1. The Bertz CT molecular complexity index is 362. The Balaban J connectivity index is 2.35. The van der Waals surface area contributed by atoms with E-state index < -0.39 is 9.84 Å². The van der Waals surface area contributed by atoms with Crippen LogP contribution in [0, 0.1) is 0 Å². The van der Waals surface area contributed by atoms with Gasteiger partial charge in [0.1, 0.15) is 0 Å². The van der Waals surface area contributed by atoms with E-state index in [9.17, 15) is 13.2 Å². The third-order valence-electron chi connectivity index (χ3n) is 3.11. The van der Waals surface area contributed by atoms with Crippen LogP contribution in [0.2, 0.25) is 0 Å². The van der Waals surface area contributed by atoms with E-state index in [2.05, 4.69) is 5.32 Å². The maximum atomic E-state index is 12.0. The highest BCUT2D eigenvalue weighted by Crippen LogP contribution is 2.10. The van der Waals surface area contributed by atoms with E-state index in [-0.39, 0.29) is 30.0 Å². The van der Waals surface area contributed by atoms with E-state index in [1.165, 1.54) is 0 Å². The lowest BCUT2D eigenvalue weighted by molar-refractivity contribution is -0.130. The molecule has 0 radical (unpaired) electrons. The lowest BCUT2D eigenvalue weighted by Crippen LogP contribution is -2.42. The van der Waals surface area contributed by atoms with Crippen molar-refractivity contribution in [3.63, 3.8) is 0 Å². The molecule has 1 rings (SSSR count). The SMILES string of the molecule is CCCN(CCC)C(=O)CNC1CCS(=O)(=O)C1. The van der Waals surface area contributed by atoms with Crippen molar-refractivity contribution < 1.29 is 13.2 Å². The van der Waals surface area contributed by atoms with E-state index in [0.29, 0.717) is 6.42 Å². The van der Waals surface area contributed by atoms with E-state index in [1.807, 2.05) is 18.7 Å². The molecule has 1 N–H and O–H groups in total. The second-order valence-corrected chi connectivity index (χ2v) is 7.09. The predicted octanol–water partition coefficient (Wildman–Crippen LogP) is 0.412. The molecule has 0 aromatic carbocycles. The molecule has 5 nitrogen and oxygen atoms in total. The zero-order valence-electron chi connectivity index (χ0n) is 11.3. The molecule has 0 saturated carbocycles. The number of hydrogen-bond acceptors (Lipinski definition) is 4. The first-order chi connectivity index (χ1) is 8.48. The molecular formula is C12H24N2O3S. The Labute approximate surface area is 110 Å². The monoisotopic (exact) mass is 276 g/mol. The van der Waals surface area contributed by atoms with Crippen LogP contribution in [0.1, 0.15) is 33.1 Å². The Morgan fingerprint density at radius 1 is 1.28 bits per heavy atom. The lowest BCUT2D eigenvalue weighted by Gasteiger charge is -2.22. The van der Waals surface area contributed by atoms with E-state index in [0.717, 1.165) is 25.9 Å². The minimum atomic E-state index is -2.87. The summed E-state index contributed by atoms with van der Waals surface area (Å²) in [5, 5.41) is 3.06. The van der Waals surface area contributed by atoms with E-state index >= 15 is 0 Å². The standard InChI is InChI=1S/C12H24N2O3S/c1-3-6-14(7-4-2)12(15)9-13-11-5-8-18(16,17)10-11/h11,13H,3-10H2,1-2H3. The van der Waals surface area contributed by atoms with Crippen LogP contribution in [-0.2, 0) is 14.6 Å². The van der Waals surface area contributed by atoms with Gasteiger partial charge < -0.3 is 10.2 Å². The van der Waals surface area contributed by atoms with Crippen LogP contribution in [0.15, 0.2) is 0 Å². The summed E-state index contributed by atoms with van der Waals surface area (Å²) < 4.78 is 22.6. The molecule has 6 heteroatoms. The van der Waals surface area contributed by atoms with Crippen LogP contribution in [0.5, 0.6) is 0 Å². The fourth-order valence-corrected chi connectivity index (χ4v) is 3.91. The van der Waals surface area contributed by atoms with Crippen molar-refractivity contribution in [2.75, 3.05) is 31.1 Å². The lowest BCUT2D eigenvalue weighted by atomic mass is 10.2. The van der Waals surface area contributed by atoms with Crippen molar-refractivity contribution in [1.82, 2.24) is 10.2 Å². The van der Waals surface area contributed by atoms with E-state index in [4.69, 9.17) is 0 Å². The summed E-state index contributed by atoms with van der Waals surface area (Å²) in [7, 11) is -2.87. The normalized spacial score (nSPS) is 22.0. The van der Waals surface area contributed by atoms with Crippen LogP contribution < -0.4 is 5.32 Å². The number of carbonyl (C=O) groups is 1. The van der Waals surface area contributed by atoms with Crippen LogP contribution in [0.3, 0.4) is 0 Å². The van der Waals surface area contributed by atoms with Gasteiger partial charge in [0.25, 0.3) is 0 Å². The third-order valence-corrected chi connectivity index (χ3v) is 4.88. The van der Waals surface area contributed by atoms with Gasteiger partial charge >= 0.3 is 0 Å². The smallest absolute Gasteiger partial charge is 0.236 e. The van der Waals surface area contributed by atoms with E-state index in [1.54, 1.807) is 0 Å². The van der Waals surface area contributed by atoms with Crippen LogP contribution in [0.4, 0.5) is 0 Å². The highest BCUT2D eigenvalue weighted by Gasteiger charge is 2.28. The largest absolute Gasteiger partial charge is 0.342 e. The van der Waals surface area contributed by atoms with Gasteiger partial charge in [-0.1, -0.05) is 13.8 Å². The van der Waals surface area contributed by atoms with Gasteiger partial charge in [0, 0.05) is 19.1 Å². The Morgan fingerprint density at radius 3 is 2.33 bits per heavy atom. The predicted molar refractivity (Wildman–Crippen MR) is 72.2 cm³/mol. The average molecular weight is 276 g/mol. The van der Waals surface area contributed by atoms with Gasteiger partial charge in [-0.3, -0.25) is 4.79 Å². The molecule has 0 spiro atoms.